The molecule has 34 heavy (non-hydrogen) atoms. The van der Waals surface area contributed by atoms with Gasteiger partial charge in [-0.1, -0.05) is 99.6 Å². The molecular formula is C30H34O4. The second-order valence-electron chi connectivity index (χ2n) is 9.58. The van der Waals surface area contributed by atoms with Gasteiger partial charge in [0, 0.05) is 0 Å². The van der Waals surface area contributed by atoms with E-state index in [2.05, 4.69) is 57.2 Å². The topological polar surface area (TPSA) is 36.9 Å². The molecule has 4 rings (SSSR count). The van der Waals surface area contributed by atoms with Gasteiger partial charge in [0.1, 0.15) is 18.0 Å². The molecule has 0 aromatic heterocycles. The van der Waals surface area contributed by atoms with Crippen LogP contribution in [-0.4, -0.2) is 25.1 Å². The van der Waals surface area contributed by atoms with Crippen LogP contribution in [0.2, 0.25) is 0 Å². The molecule has 1 aliphatic rings. The van der Waals surface area contributed by atoms with Crippen molar-refractivity contribution >= 4 is 0 Å². The van der Waals surface area contributed by atoms with Crippen LogP contribution in [0, 0.1) is 0 Å². The summed E-state index contributed by atoms with van der Waals surface area (Å²) in [6, 6.07) is 28.5. The number of rotatable bonds is 9. The molecule has 0 unspecified atom stereocenters. The van der Waals surface area contributed by atoms with Crippen molar-refractivity contribution in [2.24, 2.45) is 0 Å². The van der Waals surface area contributed by atoms with Crippen molar-refractivity contribution in [2.45, 2.75) is 57.9 Å². The Balaban J connectivity index is 1.39. The second kappa shape index (κ2) is 11.5. The highest BCUT2D eigenvalue weighted by Crippen LogP contribution is 2.26. The van der Waals surface area contributed by atoms with E-state index in [0.29, 0.717) is 19.8 Å². The van der Waals surface area contributed by atoms with Crippen LogP contribution in [-0.2, 0) is 32.8 Å². The zero-order valence-electron chi connectivity index (χ0n) is 20.2. The zero-order valence-corrected chi connectivity index (χ0v) is 20.2. The molecule has 0 aliphatic carbocycles. The summed E-state index contributed by atoms with van der Waals surface area (Å²) >= 11 is 0. The molecule has 0 saturated carbocycles. The number of hydrogen-bond acceptors (Lipinski definition) is 4. The van der Waals surface area contributed by atoms with E-state index in [9.17, 15) is 0 Å². The van der Waals surface area contributed by atoms with E-state index in [1.54, 1.807) is 0 Å². The predicted molar refractivity (Wildman–Crippen MR) is 135 cm³/mol. The number of ether oxygens (including phenoxy) is 4. The van der Waals surface area contributed by atoms with Crippen LogP contribution >= 0.6 is 0 Å². The van der Waals surface area contributed by atoms with Crippen LogP contribution in [0.15, 0.2) is 97.1 Å². The largest absolute Gasteiger partial charge is 0.461 e. The Hall–Kier alpha value is -2.92. The third-order valence-electron chi connectivity index (χ3n) is 5.78. The van der Waals surface area contributed by atoms with Crippen molar-refractivity contribution in [1.82, 2.24) is 0 Å². The van der Waals surface area contributed by atoms with E-state index in [-0.39, 0.29) is 17.6 Å². The van der Waals surface area contributed by atoms with Gasteiger partial charge in [-0.15, -0.1) is 0 Å². The maximum atomic E-state index is 6.27. The Morgan fingerprint density at radius 3 is 1.97 bits per heavy atom. The summed E-state index contributed by atoms with van der Waals surface area (Å²) < 4.78 is 24.6. The first-order valence-corrected chi connectivity index (χ1v) is 11.9. The van der Waals surface area contributed by atoms with Crippen molar-refractivity contribution in [3.05, 3.63) is 114 Å². The van der Waals surface area contributed by atoms with E-state index in [1.807, 2.05) is 60.7 Å². The zero-order chi connectivity index (χ0) is 23.8. The molecule has 0 fully saturated rings. The van der Waals surface area contributed by atoms with Gasteiger partial charge >= 0.3 is 0 Å². The molecule has 178 valence electrons. The first-order valence-electron chi connectivity index (χ1n) is 11.9. The van der Waals surface area contributed by atoms with Gasteiger partial charge in [0.25, 0.3) is 0 Å². The Kier molecular flexibility index (Phi) is 8.17. The Morgan fingerprint density at radius 1 is 0.735 bits per heavy atom. The normalized spacial score (nSPS) is 20.3. The molecule has 0 amide bonds. The van der Waals surface area contributed by atoms with Crippen LogP contribution in [0.1, 0.15) is 37.5 Å². The van der Waals surface area contributed by atoms with Gasteiger partial charge in [0.2, 0.25) is 6.29 Å². The summed E-state index contributed by atoms with van der Waals surface area (Å²) in [6.45, 7) is 8.04. The van der Waals surface area contributed by atoms with Gasteiger partial charge < -0.3 is 18.9 Å². The SMILES string of the molecule is CC(C)(C)c1ccc(O[C@H]2C=C[C@H](OCc3ccccc3)[C@@H](COCc3ccccc3)O2)cc1. The van der Waals surface area contributed by atoms with E-state index < -0.39 is 6.29 Å². The lowest BCUT2D eigenvalue weighted by molar-refractivity contribution is -0.165. The molecule has 1 heterocycles. The average Bonchev–Trinajstić information content (AvgIpc) is 2.85. The first kappa shape index (κ1) is 24.2. The van der Waals surface area contributed by atoms with Crippen molar-refractivity contribution in [3.63, 3.8) is 0 Å². The quantitative estimate of drug-likeness (QED) is 0.346. The number of benzene rings is 3. The molecule has 4 nitrogen and oxygen atoms in total. The van der Waals surface area contributed by atoms with E-state index >= 15 is 0 Å². The van der Waals surface area contributed by atoms with Crippen molar-refractivity contribution in [3.8, 4) is 5.75 Å². The Bertz CT molecular complexity index is 1020. The highest BCUT2D eigenvalue weighted by Gasteiger charge is 2.29. The van der Waals surface area contributed by atoms with Crippen LogP contribution in [0.25, 0.3) is 0 Å². The van der Waals surface area contributed by atoms with Gasteiger partial charge in [-0.25, -0.2) is 0 Å². The van der Waals surface area contributed by atoms with Crippen LogP contribution in [0.3, 0.4) is 0 Å². The molecule has 1 aliphatic heterocycles. The summed E-state index contributed by atoms with van der Waals surface area (Å²) in [5.41, 5.74) is 3.62. The molecule has 4 heteroatoms. The van der Waals surface area contributed by atoms with Gasteiger partial charge in [-0.3, -0.25) is 0 Å². The van der Waals surface area contributed by atoms with Crippen LogP contribution in [0.4, 0.5) is 0 Å². The second-order valence-corrected chi connectivity index (χ2v) is 9.58. The van der Waals surface area contributed by atoms with Crippen LogP contribution in [0.5, 0.6) is 5.75 Å². The smallest absolute Gasteiger partial charge is 0.220 e. The molecule has 0 radical (unpaired) electrons. The molecule has 3 aromatic rings. The van der Waals surface area contributed by atoms with Gasteiger partial charge in [-0.2, -0.15) is 0 Å². The summed E-state index contributed by atoms with van der Waals surface area (Å²) in [5, 5.41) is 0. The summed E-state index contributed by atoms with van der Waals surface area (Å²) in [7, 11) is 0. The van der Waals surface area contributed by atoms with Gasteiger partial charge in [0.15, 0.2) is 0 Å². The average molecular weight is 459 g/mol. The lowest BCUT2D eigenvalue weighted by Gasteiger charge is -2.32. The predicted octanol–water partition coefficient (Wildman–Crippen LogP) is 6.45. The van der Waals surface area contributed by atoms with Crippen molar-refractivity contribution in [1.29, 1.82) is 0 Å². The minimum Gasteiger partial charge on any atom is -0.461 e. The lowest BCUT2D eigenvalue weighted by Crippen LogP contribution is -2.42. The maximum absolute atomic E-state index is 6.27. The summed E-state index contributed by atoms with van der Waals surface area (Å²) in [6.07, 6.45) is 2.94. The monoisotopic (exact) mass is 458 g/mol. The Labute approximate surface area is 203 Å². The third-order valence-corrected chi connectivity index (χ3v) is 5.78. The standard InChI is InChI=1S/C30H34O4/c1-30(2,3)25-14-16-26(17-15-25)33-29-19-18-27(32-21-24-12-8-5-9-13-24)28(34-29)22-31-20-23-10-6-4-7-11-23/h4-19,27-29H,20-22H2,1-3H3/t27-,28+,29+/m0/s1. The fraction of sp³-hybridized carbons (Fsp3) is 0.333. The van der Waals surface area contributed by atoms with Crippen LogP contribution < -0.4 is 4.74 Å². The molecule has 0 saturated heterocycles. The third kappa shape index (κ3) is 7.04. The fourth-order valence-electron chi connectivity index (χ4n) is 3.78. The molecule has 0 bridgehead atoms. The van der Waals surface area contributed by atoms with E-state index in [4.69, 9.17) is 18.9 Å². The molecule has 0 N–H and O–H groups in total. The highest BCUT2D eigenvalue weighted by molar-refractivity contribution is 5.31. The minimum absolute atomic E-state index is 0.101. The molecule has 3 atom stereocenters. The molecule has 0 spiro atoms. The van der Waals surface area contributed by atoms with Crippen molar-refractivity contribution < 1.29 is 18.9 Å². The van der Waals surface area contributed by atoms with E-state index in [1.165, 1.54) is 5.56 Å². The Morgan fingerprint density at radius 2 is 1.35 bits per heavy atom. The van der Waals surface area contributed by atoms with E-state index in [0.717, 1.165) is 16.9 Å². The molecule has 3 aromatic carbocycles. The lowest BCUT2D eigenvalue weighted by atomic mass is 9.87. The summed E-state index contributed by atoms with van der Waals surface area (Å²) in [4.78, 5) is 0. The number of hydrogen-bond donors (Lipinski definition) is 0. The highest BCUT2D eigenvalue weighted by atomic mass is 16.7. The minimum atomic E-state index is -0.498. The van der Waals surface area contributed by atoms with Crippen molar-refractivity contribution in [2.75, 3.05) is 6.61 Å². The fourth-order valence-corrected chi connectivity index (χ4v) is 3.78. The molecular weight excluding hydrogens is 424 g/mol. The van der Waals surface area contributed by atoms with Gasteiger partial charge in [-0.05, 0) is 40.3 Å². The maximum Gasteiger partial charge on any atom is 0.220 e. The summed E-state index contributed by atoms with van der Waals surface area (Å²) in [5.74, 6) is 0.773. The first-order chi connectivity index (χ1) is 16.5. The van der Waals surface area contributed by atoms with Gasteiger partial charge in [0.05, 0.1) is 19.8 Å².